The summed E-state index contributed by atoms with van der Waals surface area (Å²) in [5.74, 6) is 2.94. The number of hydrogen-bond donors (Lipinski definition) is 1. The molecule has 0 radical (unpaired) electrons. The maximum Gasteiger partial charge on any atom is 0.263 e. The topological polar surface area (TPSA) is 61.9 Å². The predicted octanol–water partition coefficient (Wildman–Crippen LogP) is 3.07. The number of carbonyl (C=O) groups is 1. The monoisotopic (exact) mass is 316 g/mol. The van der Waals surface area contributed by atoms with Gasteiger partial charge in [0.2, 0.25) is 0 Å². The number of aromatic nitrogens is 3. The molecule has 1 saturated carbocycles. The number of aromatic amines is 1. The number of aryl methyl sites for hydroxylation is 1. The lowest BCUT2D eigenvalue weighted by Crippen LogP contribution is -2.39. The summed E-state index contributed by atoms with van der Waals surface area (Å²) in [7, 11) is 0. The number of hydrogen-bond acceptors (Lipinski definition) is 4. The van der Waals surface area contributed by atoms with E-state index >= 15 is 0 Å². The summed E-state index contributed by atoms with van der Waals surface area (Å²) in [5.41, 5.74) is 0. The van der Waals surface area contributed by atoms with Gasteiger partial charge < -0.3 is 4.90 Å². The maximum atomic E-state index is 12.6. The maximum absolute atomic E-state index is 12.6. The van der Waals surface area contributed by atoms with E-state index in [1.807, 2.05) is 24.0 Å². The zero-order valence-corrected chi connectivity index (χ0v) is 13.5. The van der Waals surface area contributed by atoms with E-state index in [1.165, 1.54) is 17.7 Å². The van der Waals surface area contributed by atoms with Gasteiger partial charge in [-0.05, 0) is 44.7 Å². The summed E-state index contributed by atoms with van der Waals surface area (Å²) in [6.45, 7) is 3.61. The highest BCUT2D eigenvalue weighted by Gasteiger charge is 2.31. The first-order chi connectivity index (χ1) is 10.7. The van der Waals surface area contributed by atoms with Crippen molar-refractivity contribution in [2.24, 2.45) is 0 Å². The molecule has 2 aromatic rings. The van der Waals surface area contributed by atoms with Gasteiger partial charge in [-0.2, -0.15) is 5.10 Å². The quantitative estimate of drug-likeness (QED) is 0.946. The molecule has 4 rings (SSSR count). The van der Waals surface area contributed by atoms with Crippen molar-refractivity contribution < 1.29 is 4.79 Å². The molecule has 116 valence electrons. The molecule has 22 heavy (non-hydrogen) atoms. The first-order valence-electron chi connectivity index (χ1n) is 7.98. The van der Waals surface area contributed by atoms with Gasteiger partial charge in [0, 0.05) is 29.8 Å². The number of rotatable bonds is 3. The lowest BCUT2D eigenvalue weighted by molar-refractivity contribution is 0.0709. The van der Waals surface area contributed by atoms with Gasteiger partial charge in [-0.1, -0.05) is 0 Å². The SMILES string of the molecule is Cc1ccc(C(=O)N2CCC[C@H](c3n[nH]c(C4CC4)n3)C2)s1. The van der Waals surface area contributed by atoms with Crippen molar-refractivity contribution in [2.75, 3.05) is 13.1 Å². The van der Waals surface area contributed by atoms with E-state index in [0.29, 0.717) is 5.92 Å². The van der Waals surface area contributed by atoms with Crippen molar-refractivity contribution in [3.63, 3.8) is 0 Å². The summed E-state index contributed by atoms with van der Waals surface area (Å²) < 4.78 is 0. The number of amides is 1. The van der Waals surface area contributed by atoms with Gasteiger partial charge in [0.05, 0.1) is 4.88 Å². The molecule has 2 fully saturated rings. The second-order valence-corrected chi connectivity index (χ2v) is 7.64. The summed E-state index contributed by atoms with van der Waals surface area (Å²) in [5, 5.41) is 7.48. The highest BCUT2D eigenvalue weighted by molar-refractivity contribution is 7.13. The molecule has 0 aromatic carbocycles. The van der Waals surface area contributed by atoms with Crippen molar-refractivity contribution in [1.82, 2.24) is 20.1 Å². The summed E-state index contributed by atoms with van der Waals surface area (Å²) in [4.78, 5) is 21.3. The molecule has 0 bridgehead atoms. The molecule has 0 unspecified atom stereocenters. The number of thiophene rings is 1. The third kappa shape index (κ3) is 2.67. The Kier molecular flexibility index (Phi) is 3.48. The predicted molar refractivity (Wildman–Crippen MR) is 85.3 cm³/mol. The lowest BCUT2D eigenvalue weighted by Gasteiger charge is -2.31. The number of nitrogens with zero attached hydrogens (tertiary/aromatic N) is 3. The summed E-state index contributed by atoms with van der Waals surface area (Å²) in [6, 6.07) is 3.94. The highest BCUT2D eigenvalue weighted by atomic mass is 32.1. The summed E-state index contributed by atoms with van der Waals surface area (Å²) in [6.07, 6.45) is 4.53. The van der Waals surface area contributed by atoms with Gasteiger partial charge in [0.15, 0.2) is 5.82 Å². The van der Waals surface area contributed by atoms with Crippen LogP contribution in [0.1, 0.15) is 63.7 Å². The first-order valence-corrected chi connectivity index (χ1v) is 8.80. The van der Waals surface area contributed by atoms with Crippen LogP contribution in [-0.2, 0) is 0 Å². The molecule has 2 aliphatic rings. The smallest absolute Gasteiger partial charge is 0.263 e. The number of piperidine rings is 1. The van der Waals surface area contributed by atoms with Crippen LogP contribution in [0.3, 0.4) is 0 Å². The number of likely N-dealkylation sites (tertiary alicyclic amines) is 1. The van der Waals surface area contributed by atoms with Crippen molar-refractivity contribution in [3.8, 4) is 0 Å². The Morgan fingerprint density at radius 1 is 1.32 bits per heavy atom. The molecule has 1 aliphatic heterocycles. The molecular weight excluding hydrogens is 296 g/mol. The Balaban J connectivity index is 1.47. The van der Waals surface area contributed by atoms with Crippen LogP contribution in [0.15, 0.2) is 12.1 Å². The van der Waals surface area contributed by atoms with E-state index in [-0.39, 0.29) is 11.8 Å². The number of H-pyrrole nitrogens is 1. The lowest BCUT2D eigenvalue weighted by atomic mass is 9.97. The Hall–Kier alpha value is -1.69. The molecular formula is C16H20N4OS. The normalized spacial score (nSPS) is 22.0. The Labute approximate surface area is 133 Å². The van der Waals surface area contributed by atoms with Gasteiger partial charge in [-0.25, -0.2) is 4.98 Å². The molecule has 0 spiro atoms. The Morgan fingerprint density at radius 2 is 2.18 bits per heavy atom. The average molecular weight is 316 g/mol. The van der Waals surface area contributed by atoms with Crippen LogP contribution in [0.5, 0.6) is 0 Å². The van der Waals surface area contributed by atoms with Gasteiger partial charge in [-0.3, -0.25) is 9.89 Å². The van der Waals surface area contributed by atoms with E-state index in [0.717, 1.165) is 42.5 Å². The molecule has 1 saturated heterocycles. The number of carbonyl (C=O) groups excluding carboxylic acids is 1. The second-order valence-electron chi connectivity index (χ2n) is 6.35. The van der Waals surface area contributed by atoms with Crippen LogP contribution in [-0.4, -0.2) is 39.1 Å². The van der Waals surface area contributed by atoms with E-state index in [1.54, 1.807) is 11.3 Å². The third-order valence-electron chi connectivity index (χ3n) is 4.51. The standard InChI is InChI=1S/C16H20N4OS/c1-10-4-7-13(22-10)16(21)20-8-2-3-12(9-20)15-17-14(18-19-15)11-5-6-11/h4,7,11-12H,2-3,5-6,8-9H2,1H3,(H,17,18,19)/t12-/m0/s1. The minimum Gasteiger partial charge on any atom is -0.337 e. The van der Waals surface area contributed by atoms with Crippen LogP contribution in [0, 0.1) is 6.92 Å². The fraction of sp³-hybridized carbons (Fsp3) is 0.562. The first kappa shape index (κ1) is 13.9. The van der Waals surface area contributed by atoms with Crippen molar-refractivity contribution in [1.29, 1.82) is 0 Å². The van der Waals surface area contributed by atoms with Crippen molar-refractivity contribution in [3.05, 3.63) is 33.5 Å². The zero-order valence-electron chi connectivity index (χ0n) is 12.7. The van der Waals surface area contributed by atoms with E-state index < -0.39 is 0 Å². The van der Waals surface area contributed by atoms with Crippen molar-refractivity contribution >= 4 is 17.2 Å². The molecule has 2 aromatic heterocycles. The van der Waals surface area contributed by atoms with E-state index in [9.17, 15) is 4.79 Å². The van der Waals surface area contributed by atoms with Gasteiger partial charge in [0.25, 0.3) is 5.91 Å². The van der Waals surface area contributed by atoms with Crippen LogP contribution in [0.4, 0.5) is 0 Å². The van der Waals surface area contributed by atoms with Crippen LogP contribution in [0.2, 0.25) is 0 Å². The third-order valence-corrected chi connectivity index (χ3v) is 5.50. The minimum atomic E-state index is 0.153. The fourth-order valence-electron chi connectivity index (χ4n) is 3.09. The Bertz CT molecular complexity index is 688. The van der Waals surface area contributed by atoms with Crippen molar-refractivity contribution in [2.45, 2.75) is 44.4 Å². The van der Waals surface area contributed by atoms with Crippen LogP contribution < -0.4 is 0 Å². The van der Waals surface area contributed by atoms with Crippen LogP contribution in [0.25, 0.3) is 0 Å². The number of nitrogens with one attached hydrogen (secondary N) is 1. The molecule has 3 heterocycles. The van der Waals surface area contributed by atoms with E-state index in [4.69, 9.17) is 0 Å². The van der Waals surface area contributed by atoms with Gasteiger partial charge in [-0.15, -0.1) is 11.3 Å². The highest BCUT2D eigenvalue weighted by Crippen LogP contribution is 2.38. The molecule has 1 aliphatic carbocycles. The van der Waals surface area contributed by atoms with Crippen LogP contribution >= 0.6 is 11.3 Å². The van der Waals surface area contributed by atoms with Gasteiger partial charge in [0.1, 0.15) is 5.82 Å². The molecule has 5 nitrogen and oxygen atoms in total. The molecule has 1 N–H and O–H groups in total. The molecule has 1 amide bonds. The minimum absolute atomic E-state index is 0.153. The summed E-state index contributed by atoms with van der Waals surface area (Å²) >= 11 is 1.57. The Morgan fingerprint density at radius 3 is 2.91 bits per heavy atom. The van der Waals surface area contributed by atoms with Gasteiger partial charge >= 0.3 is 0 Å². The van der Waals surface area contributed by atoms with E-state index in [2.05, 4.69) is 15.2 Å². The zero-order chi connectivity index (χ0) is 15.1. The largest absolute Gasteiger partial charge is 0.337 e. The molecule has 1 atom stereocenters. The average Bonchev–Trinajstić information content (AvgIpc) is 3.10. The molecule has 6 heteroatoms. The fourth-order valence-corrected chi connectivity index (χ4v) is 3.92. The second kappa shape index (κ2) is 5.50.